The number of benzene rings is 3. The van der Waals surface area contributed by atoms with Gasteiger partial charge in [0, 0.05) is 10.7 Å². The second-order valence-corrected chi connectivity index (χ2v) is 8.24. The third-order valence-electron chi connectivity index (χ3n) is 5.28. The van der Waals surface area contributed by atoms with Gasteiger partial charge < -0.3 is 9.84 Å². The van der Waals surface area contributed by atoms with Crippen LogP contribution in [0.3, 0.4) is 0 Å². The summed E-state index contributed by atoms with van der Waals surface area (Å²) < 4.78 is 37.0. The molecule has 0 aliphatic rings. The number of nitrogens with one attached hydrogen (secondary N) is 1. The number of halogens is 4. The Labute approximate surface area is 203 Å². The molecule has 174 valence electrons. The van der Waals surface area contributed by atoms with Crippen molar-refractivity contribution in [2.45, 2.75) is 12.5 Å². The van der Waals surface area contributed by atoms with Crippen molar-refractivity contribution in [2.24, 2.45) is 0 Å². The first-order valence-corrected chi connectivity index (χ1v) is 10.7. The molecule has 0 spiro atoms. The first-order valence-electron chi connectivity index (χ1n) is 9.99. The molecule has 2 N–H and O–H groups in total. The highest BCUT2D eigenvalue weighted by Crippen LogP contribution is 2.37. The SMILES string of the molecule is COc1ccc(C[n+]2[nH]nc(C(F)(F)c3ccc(-c4ccc(Cl)c(Cl)c4)cc3)c2C(=O)O)cc1. The van der Waals surface area contributed by atoms with Crippen molar-refractivity contribution in [3.63, 3.8) is 0 Å². The van der Waals surface area contributed by atoms with Crippen LogP contribution < -0.4 is 9.42 Å². The molecule has 0 fully saturated rings. The molecule has 34 heavy (non-hydrogen) atoms. The van der Waals surface area contributed by atoms with Crippen LogP contribution in [-0.2, 0) is 12.5 Å². The Morgan fingerprint density at radius 1 is 1.03 bits per heavy atom. The van der Waals surface area contributed by atoms with E-state index in [-0.39, 0.29) is 6.54 Å². The lowest BCUT2D eigenvalue weighted by molar-refractivity contribution is -0.748. The lowest BCUT2D eigenvalue weighted by atomic mass is 9.99. The fourth-order valence-corrected chi connectivity index (χ4v) is 3.79. The van der Waals surface area contributed by atoms with E-state index in [9.17, 15) is 9.90 Å². The predicted molar refractivity (Wildman–Crippen MR) is 123 cm³/mol. The van der Waals surface area contributed by atoms with Crippen molar-refractivity contribution in [3.8, 4) is 16.9 Å². The number of carboxylic acids is 1. The number of carboxylic acid groups (broad SMARTS) is 1. The number of carbonyl (C=O) groups is 1. The van der Waals surface area contributed by atoms with Crippen LogP contribution in [0, 0.1) is 0 Å². The van der Waals surface area contributed by atoms with Gasteiger partial charge in [0.05, 0.1) is 17.2 Å². The zero-order chi connectivity index (χ0) is 24.5. The van der Waals surface area contributed by atoms with Gasteiger partial charge in [0.2, 0.25) is 0 Å². The van der Waals surface area contributed by atoms with E-state index < -0.39 is 28.8 Å². The Morgan fingerprint density at radius 3 is 2.26 bits per heavy atom. The Morgan fingerprint density at radius 2 is 1.68 bits per heavy atom. The predicted octanol–water partition coefficient (Wildman–Crippen LogP) is 5.57. The fraction of sp³-hybridized carbons (Fsp3) is 0.125. The standard InChI is InChI=1S/C24H17Cl2F2N3O3/c1-34-18-9-2-14(3-10-18)13-31-21(23(32)33)22(29-30-31)24(27,28)17-7-4-15(5-8-17)16-6-11-19(25)20(26)12-16/h2-12H,13H2,1H3,(H,32,33)/p+1. The van der Waals surface area contributed by atoms with Crippen molar-refractivity contribution >= 4 is 29.2 Å². The van der Waals surface area contributed by atoms with Crippen molar-refractivity contribution in [2.75, 3.05) is 7.11 Å². The maximum absolute atomic E-state index is 15.4. The summed E-state index contributed by atoms with van der Waals surface area (Å²) in [5.74, 6) is -4.57. The molecule has 0 aliphatic heterocycles. The highest BCUT2D eigenvalue weighted by molar-refractivity contribution is 6.42. The average Bonchev–Trinajstić information content (AvgIpc) is 3.26. The number of alkyl halides is 2. The summed E-state index contributed by atoms with van der Waals surface area (Å²) in [6.45, 7) is 0.00493. The summed E-state index contributed by atoms with van der Waals surface area (Å²) in [7, 11) is 1.52. The van der Waals surface area contributed by atoms with Gasteiger partial charge in [-0.1, -0.05) is 70.9 Å². The molecule has 4 rings (SSSR count). The second-order valence-electron chi connectivity index (χ2n) is 7.43. The van der Waals surface area contributed by atoms with E-state index in [0.29, 0.717) is 32.5 Å². The number of aromatic amines is 1. The number of nitrogens with zero attached hydrogens (tertiary/aromatic N) is 2. The normalized spacial score (nSPS) is 11.4. The van der Waals surface area contributed by atoms with E-state index in [1.807, 2.05) is 0 Å². The van der Waals surface area contributed by atoms with E-state index in [1.54, 1.807) is 42.5 Å². The van der Waals surface area contributed by atoms with Crippen LogP contribution in [0.15, 0.2) is 66.7 Å². The number of methoxy groups -OCH3 is 1. The number of rotatable bonds is 7. The first-order chi connectivity index (χ1) is 16.2. The van der Waals surface area contributed by atoms with E-state index in [2.05, 4.69) is 10.3 Å². The number of H-pyrrole nitrogens is 1. The maximum atomic E-state index is 15.4. The number of hydrogen-bond donors (Lipinski definition) is 2. The topological polar surface area (TPSA) is 79.1 Å². The van der Waals surface area contributed by atoms with Crippen molar-refractivity contribution in [1.29, 1.82) is 0 Å². The van der Waals surface area contributed by atoms with Crippen LogP contribution in [0.25, 0.3) is 11.1 Å². The van der Waals surface area contributed by atoms with Crippen LogP contribution >= 0.6 is 23.2 Å². The van der Waals surface area contributed by atoms with Gasteiger partial charge in [-0.3, -0.25) is 0 Å². The minimum absolute atomic E-state index is 0.00493. The summed E-state index contributed by atoms with van der Waals surface area (Å²) in [6, 6.07) is 17.2. The van der Waals surface area contributed by atoms with Crippen LogP contribution in [0.5, 0.6) is 5.75 Å². The number of aromatic nitrogens is 3. The lowest BCUT2D eigenvalue weighted by Gasteiger charge is -2.13. The van der Waals surface area contributed by atoms with Crippen LogP contribution in [0.4, 0.5) is 8.78 Å². The first kappa shape index (κ1) is 23.7. The van der Waals surface area contributed by atoms with E-state index >= 15 is 8.78 Å². The molecule has 0 amide bonds. The Balaban J connectivity index is 1.66. The van der Waals surface area contributed by atoms with Crippen LogP contribution in [0.1, 0.15) is 27.3 Å². The highest BCUT2D eigenvalue weighted by Gasteiger charge is 2.48. The van der Waals surface area contributed by atoms with E-state index in [1.165, 1.54) is 31.4 Å². The minimum atomic E-state index is -3.66. The zero-order valence-corrected chi connectivity index (χ0v) is 19.2. The molecule has 0 unspecified atom stereocenters. The quantitative estimate of drug-likeness (QED) is 0.322. The summed E-state index contributed by atoms with van der Waals surface area (Å²) in [6.07, 6.45) is 0. The van der Waals surface area contributed by atoms with Gasteiger partial charge >= 0.3 is 17.6 Å². The molecule has 1 aromatic heterocycles. The smallest absolute Gasteiger partial charge is 0.382 e. The molecule has 0 atom stereocenters. The molecular weight excluding hydrogens is 487 g/mol. The van der Waals surface area contributed by atoms with Gasteiger partial charge in [0.15, 0.2) is 0 Å². The summed E-state index contributed by atoms with van der Waals surface area (Å²) in [4.78, 5) is 11.9. The molecule has 0 bridgehead atoms. The molecular formula is C24H18Cl2F2N3O3+. The molecule has 0 radical (unpaired) electrons. The third-order valence-corrected chi connectivity index (χ3v) is 6.02. The van der Waals surface area contributed by atoms with Gasteiger partial charge in [-0.25, -0.2) is 4.79 Å². The van der Waals surface area contributed by atoms with Crippen molar-refractivity contribution in [3.05, 3.63) is 99.3 Å². The van der Waals surface area contributed by atoms with Crippen LogP contribution in [-0.4, -0.2) is 28.5 Å². The summed E-state index contributed by atoms with van der Waals surface area (Å²) >= 11 is 12.0. The molecule has 4 aromatic rings. The van der Waals surface area contributed by atoms with Gasteiger partial charge in [0.1, 0.15) is 12.3 Å². The van der Waals surface area contributed by atoms with Gasteiger partial charge in [-0.15, -0.1) is 4.68 Å². The minimum Gasteiger partial charge on any atom is -0.497 e. The van der Waals surface area contributed by atoms with Crippen molar-refractivity contribution in [1.82, 2.24) is 10.3 Å². The van der Waals surface area contributed by atoms with Gasteiger partial charge in [0.25, 0.3) is 5.69 Å². The average molecular weight is 505 g/mol. The van der Waals surface area contributed by atoms with E-state index in [0.717, 1.165) is 4.68 Å². The largest absolute Gasteiger partial charge is 0.497 e. The maximum Gasteiger partial charge on any atom is 0.382 e. The van der Waals surface area contributed by atoms with Gasteiger partial charge in [-0.05, 0) is 41.0 Å². The number of hydrogen-bond acceptors (Lipinski definition) is 3. The second kappa shape index (κ2) is 9.40. The molecule has 0 aliphatic carbocycles. The van der Waals surface area contributed by atoms with Crippen molar-refractivity contribution < 1.29 is 28.1 Å². The number of ether oxygens (including phenoxy) is 1. The Bertz CT molecular complexity index is 1340. The molecule has 0 saturated carbocycles. The molecule has 10 heteroatoms. The van der Waals surface area contributed by atoms with Gasteiger partial charge in [-0.2, -0.15) is 8.78 Å². The monoisotopic (exact) mass is 504 g/mol. The zero-order valence-electron chi connectivity index (χ0n) is 17.7. The molecule has 6 nitrogen and oxygen atoms in total. The Hall–Kier alpha value is -3.49. The highest BCUT2D eigenvalue weighted by atomic mass is 35.5. The summed E-state index contributed by atoms with van der Waals surface area (Å²) in [5.41, 5.74) is 0.116. The van der Waals surface area contributed by atoms with E-state index in [4.69, 9.17) is 27.9 Å². The molecule has 3 aromatic carbocycles. The molecule has 1 heterocycles. The Kier molecular flexibility index (Phi) is 6.54. The third kappa shape index (κ3) is 4.60. The number of aromatic carboxylic acids is 1. The lowest BCUT2D eigenvalue weighted by Crippen LogP contribution is -2.43. The molecule has 0 saturated heterocycles. The van der Waals surface area contributed by atoms with Crippen LogP contribution in [0.2, 0.25) is 10.0 Å². The fourth-order valence-electron chi connectivity index (χ4n) is 3.49. The summed E-state index contributed by atoms with van der Waals surface area (Å²) in [5, 5.41) is 16.5.